The number of rotatable bonds is 5. The molecule has 202 valence electrons. The van der Waals surface area contributed by atoms with E-state index in [0.717, 1.165) is 21.3 Å². The van der Waals surface area contributed by atoms with E-state index >= 15 is 0 Å². The Morgan fingerprint density at radius 1 is 0.975 bits per heavy atom. The maximum atomic E-state index is 13.5. The van der Waals surface area contributed by atoms with Crippen LogP contribution in [0.2, 0.25) is 0 Å². The van der Waals surface area contributed by atoms with Crippen LogP contribution in [0, 0.1) is 6.92 Å². The molecule has 2 unspecified atom stereocenters. The first-order chi connectivity index (χ1) is 19.6. The average Bonchev–Trinajstić information content (AvgIpc) is 3.71. The van der Waals surface area contributed by atoms with E-state index in [0.29, 0.717) is 18.5 Å². The highest BCUT2D eigenvalue weighted by atomic mass is 32.1. The number of hydrogen-bond donors (Lipinski definition) is 0. The molecule has 0 saturated heterocycles. The Morgan fingerprint density at radius 3 is 2.60 bits per heavy atom. The second-order valence-electron chi connectivity index (χ2n) is 10.9. The van der Waals surface area contributed by atoms with E-state index in [2.05, 4.69) is 109 Å². The van der Waals surface area contributed by atoms with Crippen molar-refractivity contribution in [2.75, 3.05) is 4.90 Å². The highest BCUT2D eigenvalue weighted by molar-refractivity contribution is 7.19. The van der Waals surface area contributed by atoms with Gasteiger partial charge in [0.1, 0.15) is 15.9 Å². The Bertz CT molecular complexity index is 1910. The molecule has 6 heteroatoms. The lowest BCUT2D eigenvalue weighted by Gasteiger charge is -2.27. The summed E-state index contributed by atoms with van der Waals surface area (Å²) in [4.78, 5) is 16.1. The summed E-state index contributed by atoms with van der Waals surface area (Å²) in [5.74, 6) is 0.557. The van der Waals surface area contributed by atoms with Gasteiger partial charge in [0.25, 0.3) is 10.6 Å². The molecule has 1 aliphatic heterocycles. The first-order valence-corrected chi connectivity index (χ1v) is 16.0. The Hall–Kier alpha value is -3.48. The molecule has 0 amide bonds. The predicted octanol–water partition coefficient (Wildman–Crippen LogP) is 6.21. The van der Waals surface area contributed by atoms with Crippen molar-refractivity contribution in [1.82, 2.24) is 4.57 Å². The minimum atomic E-state index is 0.100. The minimum Gasteiger partial charge on any atom is -0.338 e. The van der Waals surface area contributed by atoms with Crippen LogP contribution in [0.3, 0.4) is 0 Å². The molecule has 0 bridgehead atoms. The topological polar surface area (TPSA) is 29.1 Å². The summed E-state index contributed by atoms with van der Waals surface area (Å²) in [5.41, 5.74) is 7.81. The molecular formula is C34H34N3OS2+. The van der Waals surface area contributed by atoms with Gasteiger partial charge in [-0.1, -0.05) is 53.7 Å². The van der Waals surface area contributed by atoms with Gasteiger partial charge in [-0.2, -0.15) is 4.57 Å². The van der Waals surface area contributed by atoms with Crippen LogP contribution < -0.4 is 24.2 Å². The SMILES string of the molecule is CCn1c(=O)/c(=C\c2ccc3c(c2)C2CCCC2N3c2ccc(C)cc2)s/c1=C\c1sc2ccccc2[n+]1CC. The molecule has 3 heterocycles. The number of nitrogens with zero attached hydrogens (tertiary/aromatic N) is 3. The lowest BCUT2D eigenvalue weighted by atomic mass is 9.96. The van der Waals surface area contributed by atoms with E-state index in [1.807, 2.05) is 4.57 Å². The van der Waals surface area contributed by atoms with Crippen LogP contribution in [-0.2, 0) is 13.1 Å². The van der Waals surface area contributed by atoms with Gasteiger partial charge in [0, 0.05) is 35.9 Å². The van der Waals surface area contributed by atoms with Crippen molar-refractivity contribution < 1.29 is 4.57 Å². The van der Waals surface area contributed by atoms with Gasteiger partial charge < -0.3 is 4.90 Å². The van der Waals surface area contributed by atoms with Gasteiger partial charge in [0.05, 0.1) is 10.6 Å². The number of anilines is 2. The number of para-hydroxylation sites is 1. The summed E-state index contributed by atoms with van der Waals surface area (Å²) in [6.07, 6.45) is 8.04. The fourth-order valence-electron chi connectivity index (χ4n) is 6.69. The van der Waals surface area contributed by atoms with Crippen LogP contribution >= 0.6 is 22.7 Å². The van der Waals surface area contributed by atoms with Gasteiger partial charge in [-0.15, -0.1) is 11.3 Å². The molecule has 4 nitrogen and oxygen atoms in total. The Balaban J connectivity index is 1.32. The normalized spacial score (nSPS) is 19.1. The summed E-state index contributed by atoms with van der Waals surface area (Å²) >= 11 is 3.39. The van der Waals surface area contributed by atoms with Crippen molar-refractivity contribution in [1.29, 1.82) is 0 Å². The summed E-state index contributed by atoms with van der Waals surface area (Å²) in [6, 6.07) is 24.8. The maximum Gasteiger partial charge on any atom is 0.269 e. The fraction of sp³-hybridized carbons (Fsp3) is 0.294. The zero-order chi connectivity index (χ0) is 27.4. The third-order valence-electron chi connectivity index (χ3n) is 8.58. The number of benzene rings is 3. The van der Waals surface area contributed by atoms with Crippen LogP contribution in [0.4, 0.5) is 11.4 Å². The van der Waals surface area contributed by atoms with Gasteiger partial charge in [-0.25, -0.2) is 0 Å². The number of hydrogen-bond acceptors (Lipinski definition) is 4. The monoisotopic (exact) mass is 564 g/mol. The Labute approximate surface area is 242 Å². The van der Waals surface area contributed by atoms with Crippen LogP contribution in [0.15, 0.2) is 71.5 Å². The zero-order valence-electron chi connectivity index (χ0n) is 23.3. The largest absolute Gasteiger partial charge is 0.338 e. The van der Waals surface area contributed by atoms with E-state index < -0.39 is 0 Å². The van der Waals surface area contributed by atoms with E-state index in [4.69, 9.17) is 0 Å². The molecule has 2 atom stereocenters. The molecule has 0 N–H and O–H groups in total. The van der Waals surface area contributed by atoms with E-state index in [1.165, 1.54) is 57.0 Å². The molecule has 0 spiro atoms. The van der Waals surface area contributed by atoms with Crippen LogP contribution in [0.25, 0.3) is 22.4 Å². The molecule has 3 aromatic carbocycles. The van der Waals surface area contributed by atoms with Crippen molar-refractivity contribution in [2.45, 2.75) is 65.1 Å². The summed E-state index contributed by atoms with van der Waals surface area (Å²) in [7, 11) is 0. The summed E-state index contributed by atoms with van der Waals surface area (Å²) in [6.45, 7) is 7.94. The highest BCUT2D eigenvalue weighted by Gasteiger charge is 2.42. The Kier molecular flexibility index (Phi) is 6.48. The molecular weight excluding hydrogens is 531 g/mol. The van der Waals surface area contributed by atoms with Gasteiger partial charge in [0.15, 0.2) is 0 Å². The molecule has 0 radical (unpaired) electrons. The molecule has 2 aromatic heterocycles. The van der Waals surface area contributed by atoms with Gasteiger partial charge >= 0.3 is 0 Å². The number of thiazole rings is 2. The maximum absolute atomic E-state index is 13.5. The first-order valence-electron chi connectivity index (χ1n) is 14.4. The van der Waals surface area contributed by atoms with Gasteiger partial charge in [-0.05, 0) is 81.1 Å². The van der Waals surface area contributed by atoms with Crippen molar-refractivity contribution in [3.8, 4) is 0 Å². The smallest absolute Gasteiger partial charge is 0.269 e. The zero-order valence-corrected chi connectivity index (χ0v) is 24.9. The number of aromatic nitrogens is 2. The van der Waals surface area contributed by atoms with Crippen molar-refractivity contribution >= 4 is 56.4 Å². The van der Waals surface area contributed by atoms with Gasteiger partial charge in [0.2, 0.25) is 5.52 Å². The highest BCUT2D eigenvalue weighted by Crippen LogP contribution is 2.52. The summed E-state index contributed by atoms with van der Waals surface area (Å²) < 4.78 is 7.34. The molecule has 1 saturated carbocycles. The Morgan fingerprint density at radius 2 is 1.80 bits per heavy atom. The quantitative estimate of drug-likeness (QED) is 0.238. The lowest BCUT2D eigenvalue weighted by molar-refractivity contribution is -0.665. The fourth-order valence-corrected chi connectivity index (χ4v) is 9.04. The molecule has 1 fully saturated rings. The van der Waals surface area contributed by atoms with Gasteiger partial charge in [-0.3, -0.25) is 9.36 Å². The second-order valence-corrected chi connectivity index (χ2v) is 13.0. The lowest BCUT2D eigenvalue weighted by Crippen LogP contribution is -2.35. The first kappa shape index (κ1) is 25.5. The number of aryl methyl sites for hydroxylation is 2. The van der Waals surface area contributed by atoms with Crippen molar-refractivity contribution in [3.05, 3.63) is 108 Å². The molecule has 7 rings (SSSR count). The molecule has 40 heavy (non-hydrogen) atoms. The molecule has 5 aromatic rings. The van der Waals surface area contributed by atoms with Crippen LogP contribution in [0.5, 0.6) is 0 Å². The predicted molar refractivity (Wildman–Crippen MR) is 168 cm³/mol. The third kappa shape index (κ3) is 4.16. The van der Waals surface area contributed by atoms with Crippen molar-refractivity contribution in [2.24, 2.45) is 0 Å². The second kappa shape index (κ2) is 10.2. The van der Waals surface area contributed by atoms with E-state index in [1.54, 1.807) is 22.7 Å². The van der Waals surface area contributed by atoms with Crippen LogP contribution in [-0.4, -0.2) is 10.6 Å². The average molecular weight is 565 g/mol. The van der Waals surface area contributed by atoms with E-state index in [9.17, 15) is 4.79 Å². The summed E-state index contributed by atoms with van der Waals surface area (Å²) in [5, 5.41) is 1.18. The number of fused-ring (bicyclic) bond motifs is 4. The minimum absolute atomic E-state index is 0.100. The standard InChI is InChI=1S/C34H34N3OS2/c1-4-35-29-10-6-7-12-30(29)39-32(35)21-33-36(5-2)34(38)31(40-33)20-23-15-18-28-26(19-23)25-9-8-11-27(25)37(28)24-16-13-22(3)14-17-24/h6-7,10,12-21,25,27H,4-5,8-9,11H2,1-3H3/q+1/b31-20+. The third-order valence-corrected chi connectivity index (χ3v) is 10.8. The molecule has 2 aliphatic rings. The van der Waals surface area contributed by atoms with Crippen molar-refractivity contribution in [3.63, 3.8) is 0 Å². The van der Waals surface area contributed by atoms with Crippen LogP contribution in [0.1, 0.15) is 60.7 Å². The molecule has 1 aliphatic carbocycles. The van der Waals surface area contributed by atoms with E-state index in [-0.39, 0.29) is 5.56 Å².